The van der Waals surface area contributed by atoms with Crippen LogP contribution in [0.5, 0.6) is 0 Å². The largest absolute Gasteiger partial charge is 0.444 e. The van der Waals surface area contributed by atoms with Crippen LogP contribution < -0.4 is 0 Å². The van der Waals surface area contributed by atoms with Crippen LogP contribution >= 0.6 is 0 Å². The summed E-state index contributed by atoms with van der Waals surface area (Å²) in [5, 5.41) is 0. The summed E-state index contributed by atoms with van der Waals surface area (Å²) >= 11 is 0. The molecule has 0 spiro atoms. The maximum Gasteiger partial charge on any atom is 0.410 e. The van der Waals surface area contributed by atoms with Gasteiger partial charge in [-0.05, 0) is 52.9 Å². The number of piperidine rings is 2. The van der Waals surface area contributed by atoms with Crippen LogP contribution in [0.2, 0.25) is 0 Å². The summed E-state index contributed by atoms with van der Waals surface area (Å²) in [6.45, 7) is 5.54. The van der Waals surface area contributed by atoms with Gasteiger partial charge in [-0.15, -0.1) is 0 Å². The maximum absolute atomic E-state index is 12.4. The van der Waals surface area contributed by atoms with Crippen molar-refractivity contribution in [2.45, 2.75) is 76.7 Å². The summed E-state index contributed by atoms with van der Waals surface area (Å²) in [4.78, 5) is 14.2. The van der Waals surface area contributed by atoms with Gasteiger partial charge in [-0.25, -0.2) is 4.79 Å². The Bertz CT molecular complexity index is 482. The third-order valence-corrected chi connectivity index (χ3v) is 4.47. The van der Waals surface area contributed by atoms with Crippen LogP contribution in [0, 0.1) is 0 Å². The lowest BCUT2D eigenvalue weighted by Gasteiger charge is -2.48. The number of hydrogen-bond donors (Lipinski definition) is 0. The van der Waals surface area contributed by atoms with Gasteiger partial charge < -0.3 is 9.64 Å². The van der Waals surface area contributed by atoms with Crippen LogP contribution in [0.3, 0.4) is 0 Å². The molecule has 2 heterocycles. The van der Waals surface area contributed by atoms with E-state index in [2.05, 4.69) is 0 Å². The second kappa shape index (κ2) is 5.76. The van der Waals surface area contributed by atoms with E-state index in [1.54, 1.807) is 4.90 Å². The van der Waals surface area contributed by atoms with Crippen molar-refractivity contribution in [3.8, 4) is 0 Å². The molecule has 2 saturated heterocycles. The van der Waals surface area contributed by atoms with E-state index in [0.29, 0.717) is 12.8 Å². The smallest absolute Gasteiger partial charge is 0.410 e. The average molecular weight is 319 g/mol. The van der Waals surface area contributed by atoms with Gasteiger partial charge in [0.25, 0.3) is 10.1 Å². The van der Waals surface area contributed by atoms with E-state index < -0.39 is 15.7 Å². The van der Waals surface area contributed by atoms with Gasteiger partial charge in [0, 0.05) is 12.1 Å². The summed E-state index contributed by atoms with van der Waals surface area (Å²) in [5.74, 6) is 0. The van der Waals surface area contributed by atoms with Gasteiger partial charge in [0.15, 0.2) is 0 Å². The van der Waals surface area contributed by atoms with Gasteiger partial charge in [0.05, 0.1) is 12.4 Å². The standard InChI is InChI=1S/C14H25NO5S/c1-14(2,3)19-13(16)15-10-6-5-7-11(15)9-12(8-10)20-21(4,17)18/h10-12H,5-9H2,1-4H3/t10-,11+,12+. The molecule has 0 radical (unpaired) electrons. The van der Waals surface area contributed by atoms with Crippen LogP contribution in [0.4, 0.5) is 4.79 Å². The highest BCUT2D eigenvalue weighted by Crippen LogP contribution is 2.36. The lowest BCUT2D eigenvalue weighted by molar-refractivity contribution is -0.0393. The maximum atomic E-state index is 12.4. The second-order valence-corrected chi connectivity index (χ2v) is 8.62. The number of carbonyl (C=O) groups excluding carboxylic acids is 1. The van der Waals surface area contributed by atoms with E-state index in [1.807, 2.05) is 20.8 Å². The topological polar surface area (TPSA) is 72.9 Å². The van der Waals surface area contributed by atoms with Crippen molar-refractivity contribution >= 4 is 16.2 Å². The van der Waals surface area contributed by atoms with Crippen LogP contribution in [-0.2, 0) is 19.0 Å². The van der Waals surface area contributed by atoms with Gasteiger partial charge >= 0.3 is 6.09 Å². The highest BCUT2D eigenvalue weighted by Gasteiger charge is 2.43. The SMILES string of the molecule is CC(C)(C)OC(=O)N1[C@@H]2CCC[C@H]1C[C@@H](OS(C)(=O)=O)C2. The Labute approximate surface area is 126 Å². The van der Waals surface area contributed by atoms with E-state index in [1.165, 1.54) is 0 Å². The Balaban J connectivity index is 2.07. The molecule has 6 nitrogen and oxygen atoms in total. The molecule has 21 heavy (non-hydrogen) atoms. The van der Waals surface area contributed by atoms with E-state index in [-0.39, 0.29) is 24.3 Å². The highest BCUT2D eigenvalue weighted by molar-refractivity contribution is 7.86. The van der Waals surface area contributed by atoms with Crippen molar-refractivity contribution in [1.82, 2.24) is 4.90 Å². The molecule has 2 bridgehead atoms. The Hall–Kier alpha value is -0.820. The van der Waals surface area contributed by atoms with Gasteiger partial charge in [0.1, 0.15) is 5.60 Å². The van der Waals surface area contributed by atoms with Crippen molar-refractivity contribution in [3.63, 3.8) is 0 Å². The molecule has 2 aliphatic rings. The lowest BCUT2D eigenvalue weighted by Crippen LogP contribution is -2.57. The molecule has 2 aliphatic heterocycles. The number of amides is 1. The molecule has 3 atom stereocenters. The number of rotatable bonds is 2. The quantitative estimate of drug-likeness (QED) is 0.730. The van der Waals surface area contributed by atoms with Crippen molar-refractivity contribution in [1.29, 1.82) is 0 Å². The van der Waals surface area contributed by atoms with Gasteiger partial charge in [0.2, 0.25) is 0 Å². The normalized spacial score (nSPS) is 30.1. The van der Waals surface area contributed by atoms with Crippen molar-refractivity contribution in [2.75, 3.05) is 6.26 Å². The molecule has 0 unspecified atom stereocenters. The van der Waals surface area contributed by atoms with Crippen molar-refractivity contribution < 1.29 is 22.1 Å². The molecule has 0 aliphatic carbocycles. The summed E-state index contributed by atoms with van der Waals surface area (Å²) in [7, 11) is -3.46. The minimum Gasteiger partial charge on any atom is -0.444 e. The summed E-state index contributed by atoms with van der Waals surface area (Å²) in [6.07, 6.45) is 4.37. The Kier molecular flexibility index (Phi) is 4.54. The molecule has 2 rings (SSSR count). The number of carbonyl (C=O) groups is 1. The zero-order chi connectivity index (χ0) is 15.8. The average Bonchev–Trinajstić information content (AvgIpc) is 2.22. The fraction of sp³-hybridized carbons (Fsp3) is 0.929. The summed E-state index contributed by atoms with van der Waals surface area (Å²) in [5.41, 5.74) is -0.522. The number of nitrogens with zero attached hydrogens (tertiary/aromatic N) is 1. The molecule has 2 fully saturated rings. The first-order valence-electron chi connectivity index (χ1n) is 7.45. The first kappa shape index (κ1) is 16.5. The molecule has 0 aromatic heterocycles. The van der Waals surface area contributed by atoms with Crippen LogP contribution in [-0.4, -0.2) is 49.5 Å². The summed E-state index contributed by atoms with van der Waals surface area (Å²) < 4.78 is 33.2. The highest BCUT2D eigenvalue weighted by atomic mass is 32.2. The number of hydrogen-bond acceptors (Lipinski definition) is 5. The van der Waals surface area contributed by atoms with Crippen LogP contribution in [0.1, 0.15) is 52.9 Å². The van der Waals surface area contributed by atoms with Gasteiger partial charge in [-0.1, -0.05) is 0 Å². The fourth-order valence-electron chi connectivity index (χ4n) is 3.27. The first-order valence-corrected chi connectivity index (χ1v) is 9.26. The first-order chi connectivity index (χ1) is 9.55. The predicted molar refractivity (Wildman–Crippen MR) is 78.5 cm³/mol. The van der Waals surface area contributed by atoms with E-state index in [4.69, 9.17) is 8.92 Å². The third kappa shape index (κ3) is 4.57. The van der Waals surface area contributed by atoms with Gasteiger partial charge in [-0.3, -0.25) is 4.18 Å². The molecule has 122 valence electrons. The molecule has 0 aromatic rings. The Morgan fingerprint density at radius 2 is 1.67 bits per heavy atom. The van der Waals surface area contributed by atoms with Gasteiger partial charge in [-0.2, -0.15) is 8.42 Å². The predicted octanol–water partition coefficient (Wildman–Crippen LogP) is 2.28. The zero-order valence-corrected chi connectivity index (χ0v) is 14.0. The molecular formula is C14H25NO5S. The third-order valence-electron chi connectivity index (χ3n) is 3.85. The number of ether oxygens (including phenoxy) is 1. The second-order valence-electron chi connectivity index (χ2n) is 7.02. The van der Waals surface area contributed by atoms with Crippen molar-refractivity contribution in [2.24, 2.45) is 0 Å². The molecular weight excluding hydrogens is 294 g/mol. The fourth-order valence-corrected chi connectivity index (χ4v) is 3.92. The minimum absolute atomic E-state index is 0.0131. The van der Waals surface area contributed by atoms with E-state index in [9.17, 15) is 13.2 Å². The lowest BCUT2D eigenvalue weighted by atomic mass is 9.83. The molecule has 0 saturated carbocycles. The molecule has 0 N–H and O–H groups in total. The molecule has 7 heteroatoms. The summed E-state index contributed by atoms with van der Waals surface area (Å²) in [6, 6.07) is 0.0261. The Morgan fingerprint density at radius 1 is 1.14 bits per heavy atom. The van der Waals surface area contributed by atoms with E-state index in [0.717, 1.165) is 25.5 Å². The van der Waals surface area contributed by atoms with Crippen molar-refractivity contribution in [3.05, 3.63) is 0 Å². The molecule has 0 aromatic carbocycles. The monoisotopic (exact) mass is 319 g/mol. The Morgan fingerprint density at radius 3 is 2.10 bits per heavy atom. The van der Waals surface area contributed by atoms with Crippen LogP contribution in [0.25, 0.3) is 0 Å². The molecule has 1 amide bonds. The minimum atomic E-state index is -3.46. The van der Waals surface area contributed by atoms with E-state index >= 15 is 0 Å². The zero-order valence-electron chi connectivity index (χ0n) is 13.2. The van der Waals surface area contributed by atoms with Crippen LogP contribution in [0.15, 0.2) is 0 Å². The number of fused-ring (bicyclic) bond motifs is 2.